The van der Waals surface area contributed by atoms with Crippen LogP contribution in [0.5, 0.6) is 0 Å². The Balaban J connectivity index is 1.76. The number of hydrogen-bond acceptors (Lipinski definition) is 5. The maximum atomic E-state index is 12.8. The van der Waals surface area contributed by atoms with Crippen LogP contribution in [0.4, 0.5) is 0 Å². The molecule has 0 atom stereocenters. The van der Waals surface area contributed by atoms with Gasteiger partial charge in [0.25, 0.3) is 5.56 Å². The molecule has 0 radical (unpaired) electrons. The quantitative estimate of drug-likeness (QED) is 0.420. The number of para-hydroxylation sites is 1. The Labute approximate surface area is 151 Å². The molecule has 0 aliphatic heterocycles. The Morgan fingerprint density at radius 2 is 2.20 bits per heavy atom. The van der Waals surface area contributed by atoms with Gasteiger partial charge in [-0.3, -0.25) is 14.2 Å². The zero-order chi connectivity index (χ0) is 17.6. The van der Waals surface area contributed by atoms with Crippen molar-refractivity contribution >= 4 is 28.6 Å². The molecule has 2 aromatic rings. The van der Waals surface area contributed by atoms with Gasteiger partial charge < -0.3 is 10.1 Å². The van der Waals surface area contributed by atoms with Crippen LogP contribution in [0.25, 0.3) is 10.9 Å². The molecular weight excluding hydrogens is 338 g/mol. The van der Waals surface area contributed by atoms with Crippen LogP contribution in [0.2, 0.25) is 0 Å². The third kappa shape index (κ3) is 4.83. The van der Waals surface area contributed by atoms with Gasteiger partial charge in [0.05, 0.1) is 16.7 Å². The van der Waals surface area contributed by atoms with Gasteiger partial charge in [-0.2, -0.15) is 0 Å². The molecule has 25 heavy (non-hydrogen) atoms. The Hall–Kier alpha value is -1.86. The van der Waals surface area contributed by atoms with E-state index in [4.69, 9.17) is 4.74 Å². The number of hydrogen-bond donors (Lipinski definition) is 1. The van der Waals surface area contributed by atoms with E-state index in [1.165, 1.54) is 24.6 Å². The lowest BCUT2D eigenvalue weighted by Gasteiger charge is -2.13. The van der Waals surface area contributed by atoms with Crippen LogP contribution in [-0.4, -0.2) is 41.5 Å². The highest BCUT2D eigenvalue weighted by Gasteiger charge is 2.21. The van der Waals surface area contributed by atoms with Gasteiger partial charge in [0.1, 0.15) is 0 Å². The van der Waals surface area contributed by atoms with Crippen molar-refractivity contribution < 1.29 is 9.53 Å². The molecule has 1 N–H and O–H groups in total. The smallest absolute Gasteiger partial charge is 0.262 e. The van der Waals surface area contributed by atoms with Crippen molar-refractivity contribution in [2.75, 3.05) is 26.0 Å². The lowest BCUT2D eigenvalue weighted by molar-refractivity contribution is -0.118. The van der Waals surface area contributed by atoms with Crippen LogP contribution >= 0.6 is 11.8 Å². The summed E-state index contributed by atoms with van der Waals surface area (Å²) in [5.41, 5.74) is 0.596. The fourth-order valence-electron chi connectivity index (χ4n) is 2.58. The number of aromatic nitrogens is 2. The number of rotatable bonds is 9. The van der Waals surface area contributed by atoms with E-state index in [1.54, 1.807) is 17.7 Å². The van der Waals surface area contributed by atoms with E-state index in [0.29, 0.717) is 35.1 Å². The maximum Gasteiger partial charge on any atom is 0.262 e. The van der Waals surface area contributed by atoms with E-state index in [0.717, 1.165) is 13.0 Å². The molecule has 1 heterocycles. The van der Waals surface area contributed by atoms with Crippen molar-refractivity contribution in [2.24, 2.45) is 5.92 Å². The topological polar surface area (TPSA) is 73.2 Å². The summed E-state index contributed by atoms with van der Waals surface area (Å²) in [7, 11) is 1.64. The predicted octanol–water partition coefficient (Wildman–Crippen LogP) is 2.05. The van der Waals surface area contributed by atoms with Gasteiger partial charge in [-0.25, -0.2) is 4.98 Å². The molecule has 6 nitrogen and oxygen atoms in total. The number of carbonyl (C=O) groups excluding carboxylic acids is 1. The largest absolute Gasteiger partial charge is 0.385 e. The Bertz CT molecular complexity index is 802. The molecule has 1 fully saturated rings. The van der Waals surface area contributed by atoms with Gasteiger partial charge in [-0.15, -0.1) is 0 Å². The van der Waals surface area contributed by atoms with Crippen molar-refractivity contribution in [1.82, 2.24) is 14.9 Å². The average Bonchev–Trinajstić information content (AvgIpc) is 3.45. The molecule has 1 aliphatic carbocycles. The van der Waals surface area contributed by atoms with Crippen molar-refractivity contribution in [3.63, 3.8) is 0 Å². The average molecular weight is 361 g/mol. The number of methoxy groups -OCH3 is 1. The van der Waals surface area contributed by atoms with E-state index >= 15 is 0 Å². The normalized spacial score (nSPS) is 14.0. The molecule has 0 bridgehead atoms. The summed E-state index contributed by atoms with van der Waals surface area (Å²) in [6.07, 6.45) is 3.13. The minimum absolute atomic E-state index is 0.0113. The predicted molar refractivity (Wildman–Crippen MR) is 99.0 cm³/mol. The Kier molecular flexibility index (Phi) is 6.09. The molecule has 0 spiro atoms. The Morgan fingerprint density at radius 3 is 2.96 bits per heavy atom. The molecule has 0 saturated heterocycles. The Morgan fingerprint density at radius 1 is 1.40 bits per heavy atom. The van der Waals surface area contributed by atoms with E-state index in [9.17, 15) is 9.59 Å². The first-order valence-corrected chi connectivity index (χ1v) is 9.55. The van der Waals surface area contributed by atoms with Crippen LogP contribution in [0.1, 0.15) is 19.3 Å². The summed E-state index contributed by atoms with van der Waals surface area (Å²) < 4.78 is 6.74. The SMILES string of the molecule is COCCCn1c(SCC(=O)NCC2CC2)nc2ccccc2c1=O. The van der Waals surface area contributed by atoms with E-state index in [2.05, 4.69) is 10.3 Å². The summed E-state index contributed by atoms with van der Waals surface area (Å²) in [6, 6.07) is 7.31. The summed E-state index contributed by atoms with van der Waals surface area (Å²) >= 11 is 1.31. The highest BCUT2D eigenvalue weighted by molar-refractivity contribution is 7.99. The number of nitrogens with one attached hydrogen (secondary N) is 1. The summed E-state index contributed by atoms with van der Waals surface area (Å²) in [5, 5.41) is 4.13. The second kappa shape index (κ2) is 8.49. The molecule has 1 aliphatic rings. The fraction of sp³-hybridized carbons (Fsp3) is 0.500. The lowest BCUT2D eigenvalue weighted by Crippen LogP contribution is -2.28. The van der Waals surface area contributed by atoms with Crippen LogP contribution in [0.3, 0.4) is 0 Å². The first-order chi connectivity index (χ1) is 12.2. The van der Waals surface area contributed by atoms with Gasteiger partial charge in [-0.05, 0) is 37.3 Å². The van der Waals surface area contributed by atoms with Crippen molar-refractivity contribution in [3.8, 4) is 0 Å². The number of amides is 1. The van der Waals surface area contributed by atoms with Crippen molar-refractivity contribution in [3.05, 3.63) is 34.6 Å². The second-order valence-electron chi connectivity index (χ2n) is 6.25. The maximum absolute atomic E-state index is 12.8. The lowest BCUT2D eigenvalue weighted by atomic mass is 10.2. The minimum Gasteiger partial charge on any atom is -0.385 e. The van der Waals surface area contributed by atoms with Crippen molar-refractivity contribution in [1.29, 1.82) is 0 Å². The second-order valence-corrected chi connectivity index (χ2v) is 7.19. The number of ether oxygens (including phenoxy) is 1. The van der Waals surface area contributed by atoms with Gasteiger partial charge in [0.15, 0.2) is 5.16 Å². The molecular formula is C18H23N3O3S. The molecule has 134 valence electrons. The molecule has 7 heteroatoms. The molecule has 1 saturated carbocycles. The standard InChI is InChI=1S/C18H23N3O3S/c1-24-10-4-9-21-17(23)14-5-2-3-6-15(14)20-18(21)25-12-16(22)19-11-13-7-8-13/h2-3,5-6,13H,4,7-12H2,1H3,(H,19,22). The highest BCUT2D eigenvalue weighted by Crippen LogP contribution is 2.27. The number of nitrogens with zero attached hydrogens (tertiary/aromatic N) is 2. The van der Waals surface area contributed by atoms with E-state index < -0.39 is 0 Å². The molecule has 1 aromatic carbocycles. The number of benzene rings is 1. The van der Waals surface area contributed by atoms with Crippen LogP contribution in [0, 0.1) is 5.92 Å². The first kappa shape index (κ1) is 17.9. The number of thioether (sulfide) groups is 1. The van der Waals surface area contributed by atoms with Gasteiger partial charge in [0, 0.05) is 26.8 Å². The van der Waals surface area contributed by atoms with Crippen LogP contribution in [0.15, 0.2) is 34.2 Å². The zero-order valence-electron chi connectivity index (χ0n) is 14.4. The fourth-order valence-corrected chi connectivity index (χ4v) is 3.44. The summed E-state index contributed by atoms with van der Waals surface area (Å²) in [6.45, 7) is 1.85. The third-order valence-electron chi connectivity index (χ3n) is 4.17. The number of fused-ring (bicyclic) bond motifs is 1. The van der Waals surface area contributed by atoms with Gasteiger partial charge in [0.2, 0.25) is 5.91 Å². The molecule has 1 aromatic heterocycles. The third-order valence-corrected chi connectivity index (χ3v) is 5.15. The number of carbonyl (C=O) groups is 1. The molecule has 1 amide bonds. The summed E-state index contributed by atoms with van der Waals surface area (Å²) in [4.78, 5) is 29.4. The monoisotopic (exact) mass is 361 g/mol. The zero-order valence-corrected chi connectivity index (χ0v) is 15.2. The highest BCUT2D eigenvalue weighted by atomic mass is 32.2. The molecule has 3 rings (SSSR count). The van der Waals surface area contributed by atoms with E-state index in [-0.39, 0.29) is 17.2 Å². The van der Waals surface area contributed by atoms with Crippen LogP contribution < -0.4 is 10.9 Å². The first-order valence-electron chi connectivity index (χ1n) is 8.57. The molecule has 0 unspecified atom stereocenters. The van der Waals surface area contributed by atoms with Gasteiger partial charge >= 0.3 is 0 Å². The van der Waals surface area contributed by atoms with Crippen molar-refractivity contribution in [2.45, 2.75) is 31.0 Å². The van der Waals surface area contributed by atoms with Crippen LogP contribution in [-0.2, 0) is 16.1 Å². The van der Waals surface area contributed by atoms with E-state index in [1.807, 2.05) is 18.2 Å². The minimum atomic E-state index is -0.0670. The van der Waals surface area contributed by atoms with Gasteiger partial charge in [-0.1, -0.05) is 23.9 Å². The summed E-state index contributed by atoms with van der Waals surface area (Å²) in [5.74, 6) is 0.907.